The first-order valence-corrected chi connectivity index (χ1v) is 21.9. The minimum absolute atomic E-state index is 0. The Bertz CT molecular complexity index is 2630. The summed E-state index contributed by atoms with van der Waals surface area (Å²) < 4.78 is 2.22. The van der Waals surface area contributed by atoms with Crippen LogP contribution in [0.5, 0.6) is 0 Å². The molecule has 0 N–H and O–H groups in total. The van der Waals surface area contributed by atoms with Crippen molar-refractivity contribution in [3.63, 3.8) is 0 Å². The number of hydrogen-bond donors (Lipinski definition) is 0. The van der Waals surface area contributed by atoms with Crippen LogP contribution in [0.4, 0.5) is 45.8 Å². The van der Waals surface area contributed by atoms with Gasteiger partial charge in [0, 0.05) is 93.4 Å². The average molecular weight is 1230 g/mol. The Balaban J connectivity index is 0.000000147. The number of aromatic nitrogens is 4. The van der Waals surface area contributed by atoms with Gasteiger partial charge in [-0.1, -0.05) is 94.4 Å². The molecular formula is C57H49Ir2N8-5. The smallest absolute Gasteiger partial charge is 0.145 e. The van der Waals surface area contributed by atoms with Crippen molar-refractivity contribution in [1.29, 1.82) is 0 Å². The summed E-state index contributed by atoms with van der Waals surface area (Å²) in [6.45, 7) is 13.1. The second-order valence-electron chi connectivity index (χ2n) is 16.1. The van der Waals surface area contributed by atoms with E-state index in [-0.39, 0.29) is 40.2 Å². The predicted molar refractivity (Wildman–Crippen MR) is 265 cm³/mol. The summed E-state index contributed by atoms with van der Waals surface area (Å²) in [7, 11) is 0. The minimum atomic E-state index is 0. The van der Waals surface area contributed by atoms with Gasteiger partial charge < -0.3 is 24.2 Å². The van der Waals surface area contributed by atoms with Crippen molar-refractivity contribution in [2.24, 2.45) is 0 Å². The summed E-state index contributed by atoms with van der Waals surface area (Å²) in [5, 5.41) is 0. The van der Waals surface area contributed by atoms with E-state index in [1.54, 1.807) is 12.4 Å². The van der Waals surface area contributed by atoms with Crippen LogP contribution in [0.25, 0.3) is 17.1 Å². The summed E-state index contributed by atoms with van der Waals surface area (Å²) in [4.78, 5) is 21.9. The Morgan fingerprint density at radius 1 is 0.433 bits per heavy atom. The van der Waals surface area contributed by atoms with E-state index in [9.17, 15) is 0 Å². The first-order valence-electron chi connectivity index (χ1n) is 21.9. The van der Waals surface area contributed by atoms with Crippen LogP contribution < -0.4 is 19.6 Å². The molecule has 2 aliphatic heterocycles. The summed E-state index contributed by atoms with van der Waals surface area (Å²) in [5.41, 5.74) is 11.5. The van der Waals surface area contributed by atoms with E-state index < -0.39 is 0 Å². The van der Waals surface area contributed by atoms with E-state index in [1.165, 1.54) is 28.2 Å². The average Bonchev–Trinajstić information content (AvgIpc) is 4.12. The van der Waals surface area contributed by atoms with Crippen LogP contribution in [0, 0.1) is 31.5 Å². The molecule has 2 aliphatic rings. The van der Waals surface area contributed by atoms with Gasteiger partial charge in [0.1, 0.15) is 11.6 Å². The topological polar surface area (TPSA) is 56.6 Å². The Labute approximate surface area is 422 Å². The molecule has 0 fully saturated rings. The van der Waals surface area contributed by atoms with Crippen molar-refractivity contribution in [1.82, 2.24) is 19.5 Å². The third-order valence-electron chi connectivity index (χ3n) is 11.1. The van der Waals surface area contributed by atoms with Gasteiger partial charge in [0.2, 0.25) is 0 Å². The summed E-state index contributed by atoms with van der Waals surface area (Å²) >= 11 is 0. The van der Waals surface area contributed by atoms with Crippen molar-refractivity contribution in [2.75, 3.05) is 19.6 Å². The van der Waals surface area contributed by atoms with Crippen molar-refractivity contribution < 1.29 is 40.2 Å². The van der Waals surface area contributed by atoms with Crippen molar-refractivity contribution in [3.05, 3.63) is 243 Å². The maximum atomic E-state index is 4.60. The molecule has 2 radical (unpaired) electrons. The number of hydrogen-bond acceptors (Lipinski definition) is 7. The SMILES string of the molecule is CC(C)c1cccc(C(C)C)c1-n1ccnc1-c1[c-]cccc1.[Ir].[Ir].[c-]1ccccc1N1[CH-]N(c2ccccc2)c2ccccc21.[c-]1ccccc1N1[CH-]N(c2ccccc2)c2nccnc21. The number of para-hydroxylation sites is 7. The molecule has 4 heterocycles. The quantitative estimate of drug-likeness (QED) is 0.141. The van der Waals surface area contributed by atoms with Crippen molar-refractivity contribution >= 4 is 45.8 Å². The predicted octanol–water partition coefficient (Wildman–Crippen LogP) is 14.2. The van der Waals surface area contributed by atoms with E-state index in [4.69, 9.17) is 0 Å². The second kappa shape index (κ2) is 22.7. The molecule has 8 nitrogen and oxygen atoms in total. The molecule has 9 aromatic rings. The Morgan fingerprint density at radius 2 is 0.910 bits per heavy atom. The number of nitrogens with zero attached hydrogens (tertiary/aromatic N) is 8. The van der Waals surface area contributed by atoms with Crippen LogP contribution in [-0.4, -0.2) is 19.5 Å². The Hall–Kier alpha value is -6.67. The second-order valence-corrected chi connectivity index (χ2v) is 16.1. The number of rotatable bonds is 8. The van der Waals surface area contributed by atoms with Gasteiger partial charge in [-0.25, -0.2) is 9.97 Å². The molecule has 11 rings (SSSR count). The van der Waals surface area contributed by atoms with Crippen LogP contribution in [0.2, 0.25) is 0 Å². The molecule has 0 atom stereocenters. The third-order valence-corrected chi connectivity index (χ3v) is 11.1. The fourth-order valence-electron chi connectivity index (χ4n) is 8.01. The zero-order valence-electron chi connectivity index (χ0n) is 37.6. The minimum Gasteiger partial charge on any atom is -0.493 e. The van der Waals surface area contributed by atoms with Crippen LogP contribution >= 0.6 is 0 Å². The van der Waals surface area contributed by atoms with Gasteiger partial charge in [-0.15, -0.1) is 60.6 Å². The van der Waals surface area contributed by atoms with Gasteiger partial charge >= 0.3 is 0 Å². The van der Waals surface area contributed by atoms with Crippen LogP contribution in [0.1, 0.15) is 50.7 Å². The van der Waals surface area contributed by atoms with Gasteiger partial charge in [-0.05, 0) is 59.4 Å². The molecule has 10 heteroatoms. The molecule has 340 valence electrons. The molecule has 0 amide bonds. The number of fused-ring (bicyclic) bond motifs is 2. The first-order chi connectivity index (χ1) is 32.0. The molecule has 0 spiro atoms. The van der Waals surface area contributed by atoms with Crippen LogP contribution in [0.3, 0.4) is 0 Å². The molecular weight excluding hydrogens is 1180 g/mol. The van der Waals surface area contributed by atoms with Gasteiger partial charge in [0.05, 0.1) is 5.82 Å². The van der Waals surface area contributed by atoms with E-state index in [2.05, 4.69) is 167 Å². The Kier molecular flexibility index (Phi) is 16.3. The van der Waals surface area contributed by atoms with Gasteiger partial charge in [0.15, 0.2) is 0 Å². The number of benzene rings is 7. The van der Waals surface area contributed by atoms with E-state index in [1.807, 2.05) is 120 Å². The van der Waals surface area contributed by atoms with Crippen molar-refractivity contribution in [2.45, 2.75) is 39.5 Å². The molecule has 0 bridgehead atoms. The van der Waals surface area contributed by atoms with Gasteiger partial charge in [-0.2, -0.15) is 60.7 Å². The number of anilines is 8. The zero-order valence-corrected chi connectivity index (χ0v) is 42.4. The van der Waals surface area contributed by atoms with Crippen molar-refractivity contribution in [3.8, 4) is 17.1 Å². The Morgan fingerprint density at radius 3 is 1.45 bits per heavy atom. The molecule has 7 aromatic carbocycles. The first kappa shape index (κ1) is 48.3. The monoisotopic (exact) mass is 1230 g/mol. The fraction of sp³-hybridized carbons (Fsp3) is 0.105. The van der Waals surface area contributed by atoms with Gasteiger partial charge in [-0.3, -0.25) is 4.98 Å². The van der Waals surface area contributed by atoms with Crippen LogP contribution in [-0.2, 0) is 40.2 Å². The summed E-state index contributed by atoms with van der Waals surface area (Å²) in [6.07, 6.45) is 7.35. The molecule has 0 unspecified atom stereocenters. The van der Waals surface area contributed by atoms with E-state index in [0.717, 1.165) is 45.8 Å². The van der Waals surface area contributed by atoms with E-state index >= 15 is 0 Å². The molecule has 0 saturated heterocycles. The maximum absolute atomic E-state index is 4.60. The molecule has 0 saturated carbocycles. The molecule has 2 aromatic heterocycles. The van der Waals surface area contributed by atoms with Gasteiger partial charge in [0.25, 0.3) is 0 Å². The maximum Gasteiger partial charge on any atom is 0.145 e. The fourth-order valence-corrected chi connectivity index (χ4v) is 8.01. The largest absolute Gasteiger partial charge is 0.493 e. The summed E-state index contributed by atoms with van der Waals surface area (Å²) in [5.74, 6) is 3.49. The third kappa shape index (κ3) is 10.6. The molecule has 0 aliphatic carbocycles. The zero-order chi connectivity index (χ0) is 44.5. The summed E-state index contributed by atoms with van der Waals surface area (Å²) in [6, 6.07) is 69.2. The van der Waals surface area contributed by atoms with E-state index in [0.29, 0.717) is 11.8 Å². The van der Waals surface area contributed by atoms with Crippen LogP contribution in [0.15, 0.2) is 201 Å². The number of imidazole rings is 1. The standard InChI is InChI=1S/C21H23N2.C19H14N2.C17H12N4.2Ir/c1-15(2)18-11-8-12-19(16(3)4)20(18)23-14-13-22-21(23)17-9-6-5-7-10-17;1-3-9-16(10-4-1)20-15-21(17-11-5-2-6-12-17)19-14-8-7-13-18(19)20;1-3-7-14(8-4-1)20-13-21(15-9-5-2-6-10-15)17-16(20)18-11-12-19-17;;/h5-9,11-16H,1-4H3;1-11,13-15H;1-9,11-13H;;/q-1;2*-2;;. The molecule has 67 heavy (non-hydrogen) atoms. The normalized spacial score (nSPS) is 12.3.